The maximum absolute atomic E-state index is 11.9. The summed E-state index contributed by atoms with van der Waals surface area (Å²) in [4.78, 5) is -0.201. The van der Waals surface area contributed by atoms with E-state index in [0.29, 0.717) is 11.5 Å². The normalized spacial score (nSPS) is 11.1. The van der Waals surface area contributed by atoms with Gasteiger partial charge in [-0.15, -0.1) is 5.75 Å². The molecule has 2 rings (SSSR count). The Morgan fingerprint density at radius 1 is 0.862 bits per heavy atom. The molecule has 0 fully saturated rings. The third kappa shape index (κ3) is 10.4. The Kier molecular flexibility index (Phi) is 12.7. The molecule has 0 unspecified atom stereocenters. The fourth-order valence-electron chi connectivity index (χ4n) is 3.11. The molecule has 29 heavy (non-hydrogen) atoms. The van der Waals surface area contributed by atoms with Gasteiger partial charge in [0, 0.05) is 0 Å². The van der Waals surface area contributed by atoms with E-state index >= 15 is 0 Å². The first-order valence-electron chi connectivity index (χ1n) is 9.95. The van der Waals surface area contributed by atoms with Crippen LogP contribution in [-0.2, 0) is 16.5 Å². The van der Waals surface area contributed by atoms with E-state index in [2.05, 4.69) is 6.92 Å². The van der Waals surface area contributed by atoms with Gasteiger partial charge in [0.2, 0.25) is 0 Å². The summed E-state index contributed by atoms with van der Waals surface area (Å²) in [6.45, 7) is 2.22. The first kappa shape index (κ1) is 26.6. The second kappa shape index (κ2) is 13.8. The fourth-order valence-corrected chi connectivity index (χ4v) is 3.59. The van der Waals surface area contributed by atoms with E-state index < -0.39 is 10.1 Å². The van der Waals surface area contributed by atoms with Crippen LogP contribution in [0.3, 0.4) is 0 Å². The Bertz CT molecular complexity index is 835. The van der Waals surface area contributed by atoms with E-state index in [0.717, 1.165) is 24.8 Å². The first-order valence-corrected chi connectivity index (χ1v) is 11.4. The van der Waals surface area contributed by atoms with Crippen molar-refractivity contribution in [2.24, 2.45) is 0 Å². The van der Waals surface area contributed by atoms with Crippen LogP contribution >= 0.6 is 0 Å². The fraction of sp³-hybridized carbons (Fsp3) is 0.455. The van der Waals surface area contributed by atoms with Gasteiger partial charge in [-0.3, -0.25) is 4.55 Å². The molecular formula is C22H29KO5S. The molecule has 0 aromatic heterocycles. The third-order valence-electron chi connectivity index (χ3n) is 4.62. The van der Waals surface area contributed by atoms with E-state index in [1.54, 1.807) is 6.07 Å². The van der Waals surface area contributed by atoms with Gasteiger partial charge in [0.15, 0.2) is 0 Å². The summed E-state index contributed by atoms with van der Waals surface area (Å²) in [6, 6.07) is 10.3. The standard InChI is InChI=1S/C22H30O5S.K/c1-2-3-4-5-6-7-8-9-10-18-15-19(23)17-21(16-18)27-20-11-13-22(14-12-20)28(24,25)26;/h11-17,23H,2-10H2,1H3,(H,24,25,26);/q;+1/p-1. The molecule has 0 amide bonds. The van der Waals surface area contributed by atoms with Gasteiger partial charge in [0.1, 0.15) is 11.5 Å². The molecule has 0 bridgehead atoms. The number of unbranched alkanes of at least 4 members (excludes halogenated alkanes) is 7. The predicted molar refractivity (Wildman–Crippen MR) is 109 cm³/mol. The smallest absolute Gasteiger partial charge is 0.872 e. The molecule has 5 nitrogen and oxygen atoms in total. The van der Waals surface area contributed by atoms with Crippen LogP contribution in [0.4, 0.5) is 0 Å². The molecule has 0 aliphatic heterocycles. The molecule has 0 aliphatic rings. The number of aryl methyl sites for hydroxylation is 1. The zero-order valence-electron chi connectivity index (χ0n) is 17.4. The maximum atomic E-state index is 11.9. The van der Waals surface area contributed by atoms with E-state index in [1.807, 2.05) is 6.07 Å². The van der Waals surface area contributed by atoms with E-state index in [1.165, 1.54) is 68.9 Å². The second-order valence-corrected chi connectivity index (χ2v) is 8.51. The van der Waals surface area contributed by atoms with Gasteiger partial charge >= 0.3 is 51.4 Å². The average Bonchev–Trinajstić information content (AvgIpc) is 2.63. The number of ether oxygens (including phenoxy) is 1. The topological polar surface area (TPSA) is 86.7 Å². The Morgan fingerprint density at radius 3 is 2.03 bits per heavy atom. The van der Waals surface area contributed by atoms with Gasteiger partial charge in [-0.1, -0.05) is 57.9 Å². The minimum absolute atomic E-state index is 0. The van der Waals surface area contributed by atoms with Crippen molar-refractivity contribution in [3.05, 3.63) is 48.0 Å². The van der Waals surface area contributed by atoms with Gasteiger partial charge in [0.05, 0.1) is 4.90 Å². The van der Waals surface area contributed by atoms with E-state index in [4.69, 9.17) is 9.29 Å². The molecular weight excluding hydrogens is 415 g/mol. The average molecular weight is 445 g/mol. The van der Waals surface area contributed by atoms with Gasteiger partial charge in [-0.05, 0) is 54.8 Å². The van der Waals surface area contributed by atoms with Crippen LogP contribution in [-0.4, -0.2) is 13.0 Å². The Morgan fingerprint density at radius 2 is 1.45 bits per heavy atom. The molecule has 0 saturated heterocycles. The summed E-state index contributed by atoms with van der Waals surface area (Å²) in [5.41, 5.74) is 0.947. The van der Waals surface area contributed by atoms with Crippen molar-refractivity contribution < 1.29 is 74.2 Å². The van der Waals surface area contributed by atoms with E-state index in [-0.39, 0.29) is 62.0 Å². The Balaban J connectivity index is 0.00000420. The summed E-state index contributed by atoms with van der Waals surface area (Å²) < 4.78 is 36.8. The third-order valence-corrected chi connectivity index (χ3v) is 5.48. The van der Waals surface area contributed by atoms with Crippen LogP contribution in [0.25, 0.3) is 0 Å². The summed E-state index contributed by atoms with van der Waals surface area (Å²) in [5.74, 6) is 0.722. The first-order chi connectivity index (χ1) is 13.4. The van der Waals surface area contributed by atoms with Gasteiger partial charge < -0.3 is 9.84 Å². The molecule has 0 radical (unpaired) electrons. The molecule has 7 heteroatoms. The maximum Gasteiger partial charge on any atom is 1.00 e. The van der Waals surface area contributed by atoms with Crippen molar-refractivity contribution in [2.45, 2.75) is 69.6 Å². The van der Waals surface area contributed by atoms with E-state index in [9.17, 15) is 13.5 Å². The monoisotopic (exact) mass is 444 g/mol. The Hall–Kier alpha value is -0.414. The van der Waals surface area contributed by atoms with Crippen molar-refractivity contribution in [3.8, 4) is 17.2 Å². The van der Waals surface area contributed by atoms with Crippen molar-refractivity contribution in [1.82, 2.24) is 0 Å². The van der Waals surface area contributed by atoms with Gasteiger partial charge in [0.25, 0.3) is 10.1 Å². The molecule has 2 aromatic carbocycles. The molecule has 0 heterocycles. The van der Waals surface area contributed by atoms with Crippen LogP contribution in [0.1, 0.15) is 63.9 Å². The predicted octanol–water partition coefficient (Wildman–Crippen LogP) is 2.49. The molecule has 2 aromatic rings. The second-order valence-electron chi connectivity index (χ2n) is 7.09. The quantitative estimate of drug-likeness (QED) is 0.309. The van der Waals surface area contributed by atoms with Gasteiger partial charge in [-0.25, -0.2) is 0 Å². The molecule has 0 atom stereocenters. The number of rotatable bonds is 12. The zero-order valence-corrected chi connectivity index (χ0v) is 21.3. The molecule has 0 saturated carbocycles. The summed E-state index contributed by atoms with van der Waals surface area (Å²) >= 11 is 0. The van der Waals surface area contributed by atoms with Crippen LogP contribution in [0, 0.1) is 0 Å². The van der Waals surface area contributed by atoms with Crippen molar-refractivity contribution in [3.63, 3.8) is 0 Å². The minimum atomic E-state index is -4.23. The SMILES string of the molecule is CCCCCCCCCCc1cc([O-])cc(Oc2ccc(S(=O)(=O)O)cc2)c1.[K+]. The van der Waals surface area contributed by atoms with Crippen LogP contribution in [0.2, 0.25) is 0 Å². The summed E-state index contributed by atoms with van der Waals surface area (Å²) in [5, 5.41) is 11.9. The number of hydrogen-bond acceptors (Lipinski definition) is 4. The van der Waals surface area contributed by atoms with Crippen molar-refractivity contribution >= 4 is 10.1 Å². The number of hydrogen-bond donors (Lipinski definition) is 1. The zero-order chi connectivity index (χ0) is 20.4. The largest absolute Gasteiger partial charge is 1.00 e. The summed E-state index contributed by atoms with van der Waals surface area (Å²) in [6.07, 6.45) is 10.7. The van der Waals surface area contributed by atoms with Gasteiger partial charge in [-0.2, -0.15) is 8.42 Å². The van der Waals surface area contributed by atoms with Crippen LogP contribution in [0.5, 0.6) is 17.2 Å². The number of benzene rings is 2. The molecule has 1 N–H and O–H groups in total. The van der Waals surface area contributed by atoms with Crippen molar-refractivity contribution in [1.29, 1.82) is 0 Å². The molecule has 0 spiro atoms. The molecule has 0 aliphatic carbocycles. The van der Waals surface area contributed by atoms with Crippen LogP contribution in [0.15, 0.2) is 47.4 Å². The molecule has 154 valence electrons. The minimum Gasteiger partial charge on any atom is -0.872 e. The van der Waals surface area contributed by atoms with Crippen LogP contribution < -0.4 is 61.2 Å². The summed E-state index contributed by atoms with van der Waals surface area (Å²) in [7, 11) is -4.23. The Labute approximate surface area is 217 Å². The van der Waals surface area contributed by atoms with Crippen molar-refractivity contribution in [2.75, 3.05) is 0 Å².